The van der Waals surface area contributed by atoms with Crippen LogP contribution in [0.4, 0.5) is 10.1 Å². The zero-order valence-electron chi connectivity index (χ0n) is 14.1. The highest BCUT2D eigenvalue weighted by atomic mass is 32.1. The number of rotatable bonds is 4. The molecule has 4 aromatic rings. The number of hydrogen-bond acceptors (Lipinski definition) is 5. The molecule has 130 valence electrons. The number of aromatic nitrogens is 2. The molecular formula is C20H16FN3OS. The van der Waals surface area contributed by atoms with Gasteiger partial charge in [-0.05, 0) is 53.8 Å². The van der Waals surface area contributed by atoms with Gasteiger partial charge in [-0.25, -0.2) is 14.4 Å². The second-order valence-electron chi connectivity index (χ2n) is 5.94. The Kier molecular flexibility index (Phi) is 4.26. The van der Waals surface area contributed by atoms with Gasteiger partial charge in [-0.2, -0.15) is 0 Å². The minimum atomic E-state index is -0.338. The summed E-state index contributed by atoms with van der Waals surface area (Å²) in [7, 11) is 0. The van der Waals surface area contributed by atoms with Crippen molar-refractivity contribution in [2.75, 3.05) is 5.73 Å². The highest BCUT2D eigenvalue weighted by molar-refractivity contribution is 7.19. The van der Waals surface area contributed by atoms with Crippen molar-refractivity contribution in [1.29, 1.82) is 0 Å². The first-order valence-electron chi connectivity index (χ1n) is 8.11. The first-order valence-corrected chi connectivity index (χ1v) is 8.93. The number of nitrogens with two attached hydrogens (primary N) is 1. The molecule has 0 aliphatic rings. The molecule has 0 aliphatic carbocycles. The van der Waals surface area contributed by atoms with E-state index < -0.39 is 0 Å². The Morgan fingerprint density at radius 1 is 1.12 bits per heavy atom. The monoisotopic (exact) mass is 365 g/mol. The van der Waals surface area contributed by atoms with Crippen LogP contribution in [0.1, 0.15) is 16.0 Å². The fourth-order valence-corrected chi connectivity index (χ4v) is 4.10. The van der Waals surface area contributed by atoms with Crippen LogP contribution < -0.4 is 10.5 Å². The van der Waals surface area contributed by atoms with Crippen LogP contribution in [-0.4, -0.2) is 9.97 Å². The van der Waals surface area contributed by atoms with Crippen LogP contribution in [0.3, 0.4) is 0 Å². The Balaban J connectivity index is 1.67. The number of nitrogens with zero attached hydrogens (tertiary/aromatic N) is 2. The van der Waals surface area contributed by atoms with E-state index in [2.05, 4.69) is 16.9 Å². The highest BCUT2D eigenvalue weighted by Gasteiger charge is 2.13. The lowest BCUT2D eigenvalue weighted by Gasteiger charge is -2.04. The Morgan fingerprint density at radius 2 is 1.92 bits per heavy atom. The van der Waals surface area contributed by atoms with Crippen LogP contribution in [0, 0.1) is 12.7 Å². The lowest BCUT2D eigenvalue weighted by molar-refractivity contribution is 0.442. The van der Waals surface area contributed by atoms with Crippen molar-refractivity contribution in [3.05, 3.63) is 76.7 Å². The van der Waals surface area contributed by atoms with Crippen molar-refractivity contribution in [3.63, 3.8) is 0 Å². The zero-order chi connectivity index (χ0) is 18.1. The molecule has 0 saturated carbocycles. The van der Waals surface area contributed by atoms with E-state index in [1.54, 1.807) is 48.0 Å². The van der Waals surface area contributed by atoms with Crippen molar-refractivity contribution < 1.29 is 9.13 Å². The molecule has 2 N–H and O–H groups in total. The van der Waals surface area contributed by atoms with Crippen LogP contribution in [0.5, 0.6) is 11.8 Å². The van der Waals surface area contributed by atoms with Gasteiger partial charge in [0, 0.05) is 28.4 Å². The van der Waals surface area contributed by atoms with Gasteiger partial charge in [-0.3, -0.25) is 0 Å². The fourth-order valence-electron chi connectivity index (χ4n) is 2.84. The average Bonchev–Trinajstić information content (AvgIpc) is 2.95. The zero-order valence-corrected chi connectivity index (χ0v) is 14.9. The van der Waals surface area contributed by atoms with E-state index in [1.807, 2.05) is 18.2 Å². The Morgan fingerprint density at radius 3 is 2.73 bits per heavy atom. The van der Waals surface area contributed by atoms with Gasteiger partial charge >= 0.3 is 6.01 Å². The van der Waals surface area contributed by atoms with Gasteiger partial charge in [-0.1, -0.05) is 12.1 Å². The number of aryl methyl sites for hydroxylation is 1. The Labute approximate surface area is 154 Å². The van der Waals surface area contributed by atoms with Gasteiger partial charge in [0.1, 0.15) is 11.6 Å². The number of thiophene rings is 1. The molecule has 0 amide bonds. The lowest BCUT2D eigenvalue weighted by atomic mass is 10.1. The molecule has 6 heteroatoms. The average molecular weight is 365 g/mol. The van der Waals surface area contributed by atoms with E-state index in [-0.39, 0.29) is 11.5 Å². The standard InChI is InChI=1S/C20H16FN3OS/c1-12-15-7-6-14(25-20-23-8-3-9-24-20)11-18(15)26-17(12)10-13-4-2-5-16(22)19(13)21/h2-9,11H,10,22H2,1H3. The number of halogens is 1. The normalized spacial score (nSPS) is 11.0. The Bertz CT molecular complexity index is 1080. The largest absolute Gasteiger partial charge is 0.424 e. The fraction of sp³-hybridized carbons (Fsp3) is 0.100. The first kappa shape index (κ1) is 16.5. The molecule has 2 aromatic heterocycles. The maximum atomic E-state index is 14.2. The Hall–Kier alpha value is -2.99. The molecule has 0 fully saturated rings. The molecule has 2 aromatic carbocycles. The summed E-state index contributed by atoms with van der Waals surface area (Å²) >= 11 is 1.63. The van der Waals surface area contributed by atoms with Crippen LogP contribution >= 0.6 is 11.3 Å². The SMILES string of the molecule is Cc1c(Cc2cccc(N)c2F)sc2cc(Oc3ncccn3)ccc12. The summed E-state index contributed by atoms with van der Waals surface area (Å²) in [5.41, 5.74) is 7.61. The summed E-state index contributed by atoms with van der Waals surface area (Å²) in [4.78, 5) is 9.24. The summed E-state index contributed by atoms with van der Waals surface area (Å²) < 4.78 is 21.0. The number of fused-ring (bicyclic) bond motifs is 1. The smallest absolute Gasteiger partial charge is 0.321 e. The van der Waals surface area contributed by atoms with Crippen LogP contribution in [0.2, 0.25) is 0 Å². The third-order valence-corrected chi connectivity index (χ3v) is 5.47. The lowest BCUT2D eigenvalue weighted by Crippen LogP contribution is -1.97. The second-order valence-corrected chi connectivity index (χ2v) is 7.08. The number of nitrogen functional groups attached to an aromatic ring is 1. The predicted molar refractivity (Wildman–Crippen MR) is 102 cm³/mol. The quantitative estimate of drug-likeness (QED) is 0.511. The van der Waals surface area contributed by atoms with Crippen LogP contribution in [-0.2, 0) is 6.42 Å². The van der Waals surface area contributed by atoms with Crippen LogP contribution in [0.15, 0.2) is 54.9 Å². The number of anilines is 1. The van der Waals surface area contributed by atoms with Crippen molar-refractivity contribution in [2.45, 2.75) is 13.3 Å². The third kappa shape index (κ3) is 3.11. The molecule has 0 aliphatic heterocycles. The molecule has 0 bridgehead atoms. The van der Waals surface area contributed by atoms with E-state index in [0.29, 0.717) is 23.7 Å². The molecule has 0 radical (unpaired) electrons. The van der Waals surface area contributed by atoms with E-state index in [4.69, 9.17) is 10.5 Å². The minimum absolute atomic E-state index is 0.180. The van der Waals surface area contributed by atoms with E-state index in [0.717, 1.165) is 20.5 Å². The maximum absolute atomic E-state index is 14.2. The molecule has 0 saturated heterocycles. The van der Waals surface area contributed by atoms with Crippen molar-refractivity contribution in [2.24, 2.45) is 0 Å². The molecular weight excluding hydrogens is 349 g/mol. The third-order valence-electron chi connectivity index (χ3n) is 4.22. The topological polar surface area (TPSA) is 61.0 Å². The highest BCUT2D eigenvalue weighted by Crippen LogP contribution is 2.35. The summed E-state index contributed by atoms with van der Waals surface area (Å²) in [5, 5.41) is 1.13. The van der Waals surface area contributed by atoms with Gasteiger partial charge in [-0.15, -0.1) is 11.3 Å². The molecule has 0 unspecified atom stereocenters. The van der Waals surface area contributed by atoms with Crippen molar-refractivity contribution in [1.82, 2.24) is 9.97 Å². The molecule has 0 spiro atoms. The summed E-state index contributed by atoms with van der Waals surface area (Å²) in [6.07, 6.45) is 3.78. The summed E-state index contributed by atoms with van der Waals surface area (Å²) in [6, 6.07) is 13.0. The van der Waals surface area contributed by atoms with Gasteiger partial charge in [0.2, 0.25) is 0 Å². The summed E-state index contributed by atoms with van der Waals surface area (Å²) in [5.74, 6) is 0.334. The number of ether oxygens (including phenoxy) is 1. The van der Waals surface area contributed by atoms with Crippen molar-refractivity contribution >= 4 is 27.1 Å². The van der Waals surface area contributed by atoms with Gasteiger partial charge in [0.15, 0.2) is 0 Å². The van der Waals surface area contributed by atoms with Crippen LogP contribution in [0.25, 0.3) is 10.1 Å². The van der Waals surface area contributed by atoms with Gasteiger partial charge in [0.05, 0.1) is 5.69 Å². The predicted octanol–water partition coefficient (Wildman–Crippen LogP) is 5.10. The number of hydrogen-bond donors (Lipinski definition) is 1. The van der Waals surface area contributed by atoms with Gasteiger partial charge < -0.3 is 10.5 Å². The molecule has 2 heterocycles. The maximum Gasteiger partial charge on any atom is 0.321 e. The van der Waals surface area contributed by atoms with Crippen molar-refractivity contribution in [3.8, 4) is 11.8 Å². The van der Waals surface area contributed by atoms with E-state index in [1.165, 1.54) is 0 Å². The summed E-state index contributed by atoms with van der Waals surface area (Å²) in [6.45, 7) is 2.05. The molecule has 0 atom stereocenters. The van der Waals surface area contributed by atoms with E-state index >= 15 is 0 Å². The number of benzene rings is 2. The molecule has 4 nitrogen and oxygen atoms in total. The molecule has 4 rings (SSSR count). The molecule has 26 heavy (non-hydrogen) atoms. The van der Waals surface area contributed by atoms with E-state index in [9.17, 15) is 4.39 Å². The first-order chi connectivity index (χ1) is 12.6. The second kappa shape index (κ2) is 6.72. The minimum Gasteiger partial charge on any atom is -0.424 e. The van der Waals surface area contributed by atoms with Gasteiger partial charge in [0.25, 0.3) is 0 Å².